The molecule has 1 heterocycles. The van der Waals surface area contributed by atoms with Crippen LogP contribution in [0.2, 0.25) is 0 Å². The summed E-state index contributed by atoms with van der Waals surface area (Å²) in [6.07, 6.45) is 1.88. The molecule has 0 radical (unpaired) electrons. The third kappa shape index (κ3) is 3.35. The van der Waals surface area contributed by atoms with Crippen molar-refractivity contribution < 1.29 is 9.90 Å². The second-order valence-electron chi connectivity index (χ2n) is 4.33. The fourth-order valence-electron chi connectivity index (χ4n) is 1.94. The summed E-state index contributed by atoms with van der Waals surface area (Å²) in [5.41, 5.74) is 0. The first kappa shape index (κ1) is 10.5. The highest BCUT2D eigenvalue weighted by atomic mass is 16.4. The van der Waals surface area contributed by atoms with Gasteiger partial charge in [-0.1, -0.05) is 13.8 Å². The number of piperidine rings is 1. The molecule has 1 fully saturated rings. The number of hydrogen-bond acceptors (Lipinski definition) is 2. The van der Waals surface area contributed by atoms with Gasteiger partial charge < -0.3 is 10.0 Å². The van der Waals surface area contributed by atoms with E-state index in [-0.39, 0.29) is 5.92 Å². The van der Waals surface area contributed by atoms with Crippen molar-refractivity contribution in [2.24, 2.45) is 11.8 Å². The Balaban J connectivity index is 2.37. The van der Waals surface area contributed by atoms with Crippen LogP contribution in [0.4, 0.5) is 0 Å². The normalized spacial score (nSPS) is 25.0. The van der Waals surface area contributed by atoms with E-state index in [9.17, 15) is 4.79 Å². The van der Waals surface area contributed by atoms with Gasteiger partial charge in [0.1, 0.15) is 0 Å². The van der Waals surface area contributed by atoms with Gasteiger partial charge in [0.2, 0.25) is 0 Å². The zero-order valence-corrected chi connectivity index (χ0v) is 8.49. The number of likely N-dealkylation sites (tertiary alicyclic amines) is 1. The lowest BCUT2D eigenvalue weighted by atomic mass is 9.97. The largest absolute Gasteiger partial charge is 0.481 e. The molecular formula is C10H19NO2. The average Bonchev–Trinajstić information content (AvgIpc) is 2.03. The van der Waals surface area contributed by atoms with Crippen molar-refractivity contribution in [3.8, 4) is 0 Å². The Kier molecular flexibility index (Phi) is 3.72. The molecule has 0 saturated carbocycles. The lowest BCUT2D eigenvalue weighted by Crippen LogP contribution is -2.40. The fraction of sp³-hybridized carbons (Fsp3) is 0.900. The van der Waals surface area contributed by atoms with Crippen LogP contribution in [0.15, 0.2) is 0 Å². The summed E-state index contributed by atoms with van der Waals surface area (Å²) in [6, 6.07) is 0. The van der Waals surface area contributed by atoms with Crippen molar-refractivity contribution in [1.29, 1.82) is 0 Å². The van der Waals surface area contributed by atoms with E-state index >= 15 is 0 Å². The fourth-order valence-corrected chi connectivity index (χ4v) is 1.94. The lowest BCUT2D eigenvalue weighted by molar-refractivity contribution is -0.143. The molecule has 0 aromatic rings. The smallest absolute Gasteiger partial charge is 0.307 e. The van der Waals surface area contributed by atoms with Gasteiger partial charge in [-0.15, -0.1) is 0 Å². The van der Waals surface area contributed by atoms with E-state index in [1.807, 2.05) is 0 Å². The summed E-state index contributed by atoms with van der Waals surface area (Å²) in [6.45, 7) is 7.19. The van der Waals surface area contributed by atoms with Crippen molar-refractivity contribution >= 4 is 5.97 Å². The van der Waals surface area contributed by atoms with Crippen molar-refractivity contribution in [2.75, 3.05) is 19.6 Å². The summed E-state index contributed by atoms with van der Waals surface area (Å²) in [5.74, 6) is -0.131. The zero-order valence-electron chi connectivity index (χ0n) is 8.49. The van der Waals surface area contributed by atoms with Gasteiger partial charge in [-0.2, -0.15) is 0 Å². The van der Waals surface area contributed by atoms with Crippen LogP contribution in [0.1, 0.15) is 26.7 Å². The SMILES string of the molecule is CC(C)CN1CCC[C@H](C(=O)O)C1. The minimum Gasteiger partial charge on any atom is -0.481 e. The molecule has 0 unspecified atom stereocenters. The quantitative estimate of drug-likeness (QED) is 0.723. The maximum atomic E-state index is 10.8. The second-order valence-corrected chi connectivity index (χ2v) is 4.33. The Hall–Kier alpha value is -0.570. The first-order valence-corrected chi connectivity index (χ1v) is 5.04. The second kappa shape index (κ2) is 4.61. The van der Waals surface area contributed by atoms with Crippen molar-refractivity contribution in [1.82, 2.24) is 4.90 Å². The number of carboxylic acids is 1. The molecule has 1 aliphatic heterocycles. The van der Waals surface area contributed by atoms with Crippen LogP contribution in [0, 0.1) is 11.8 Å². The minimum atomic E-state index is -0.631. The number of hydrogen-bond donors (Lipinski definition) is 1. The van der Waals surface area contributed by atoms with Crippen LogP contribution >= 0.6 is 0 Å². The molecule has 1 rings (SSSR count). The van der Waals surface area contributed by atoms with E-state index < -0.39 is 5.97 Å². The van der Waals surface area contributed by atoms with E-state index in [1.54, 1.807) is 0 Å². The summed E-state index contributed by atoms with van der Waals surface area (Å²) >= 11 is 0. The average molecular weight is 185 g/mol. The van der Waals surface area contributed by atoms with Crippen molar-refractivity contribution in [3.63, 3.8) is 0 Å². The topological polar surface area (TPSA) is 40.5 Å². The Morgan fingerprint density at radius 1 is 1.62 bits per heavy atom. The monoisotopic (exact) mass is 185 g/mol. The summed E-state index contributed by atoms with van der Waals surface area (Å²) in [5, 5.41) is 8.86. The van der Waals surface area contributed by atoms with E-state index in [2.05, 4.69) is 18.7 Å². The number of nitrogens with zero attached hydrogens (tertiary/aromatic N) is 1. The highest BCUT2D eigenvalue weighted by molar-refractivity contribution is 5.70. The third-order valence-corrected chi connectivity index (χ3v) is 2.48. The van der Waals surface area contributed by atoms with Gasteiger partial charge in [0.25, 0.3) is 0 Å². The summed E-state index contributed by atoms with van der Waals surface area (Å²) in [4.78, 5) is 13.0. The number of rotatable bonds is 3. The predicted molar refractivity (Wildman–Crippen MR) is 51.6 cm³/mol. The highest BCUT2D eigenvalue weighted by Gasteiger charge is 2.25. The van der Waals surface area contributed by atoms with Gasteiger partial charge in [0.05, 0.1) is 5.92 Å². The number of aliphatic carboxylic acids is 1. The molecule has 0 aliphatic carbocycles. The number of carboxylic acid groups (broad SMARTS) is 1. The first-order valence-electron chi connectivity index (χ1n) is 5.04. The Morgan fingerprint density at radius 3 is 2.85 bits per heavy atom. The maximum Gasteiger partial charge on any atom is 0.307 e. The molecule has 3 nitrogen and oxygen atoms in total. The molecule has 0 bridgehead atoms. The van der Waals surface area contributed by atoms with Gasteiger partial charge in [0.15, 0.2) is 0 Å². The molecule has 13 heavy (non-hydrogen) atoms. The minimum absolute atomic E-state index is 0.132. The molecule has 0 aromatic carbocycles. The summed E-state index contributed by atoms with van der Waals surface area (Å²) in [7, 11) is 0. The van der Waals surface area contributed by atoms with Crippen molar-refractivity contribution in [3.05, 3.63) is 0 Å². The van der Waals surface area contributed by atoms with Crippen LogP contribution in [-0.2, 0) is 4.79 Å². The molecule has 1 atom stereocenters. The van der Waals surface area contributed by atoms with Gasteiger partial charge in [-0.3, -0.25) is 4.79 Å². The molecule has 0 amide bonds. The molecule has 3 heteroatoms. The Bertz CT molecular complexity index is 180. The molecule has 1 saturated heterocycles. The maximum absolute atomic E-state index is 10.8. The van der Waals surface area contributed by atoms with E-state index in [1.165, 1.54) is 0 Å². The molecular weight excluding hydrogens is 166 g/mol. The zero-order chi connectivity index (χ0) is 9.84. The Labute approximate surface area is 79.7 Å². The molecule has 1 N–H and O–H groups in total. The standard InChI is InChI=1S/C10H19NO2/c1-8(2)6-11-5-3-4-9(7-11)10(12)13/h8-9H,3-7H2,1-2H3,(H,12,13)/t9-/m0/s1. The van der Waals surface area contributed by atoms with Gasteiger partial charge in [-0.05, 0) is 25.3 Å². The molecule has 1 aliphatic rings. The highest BCUT2D eigenvalue weighted by Crippen LogP contribution is 2.17. The summed E-state index contributed by atoms with van der Waals surface area (Å²) < 4.78 is 0. The molecule has 0 aromatic heterocycles. The van der Waals surface area contributed by atoms with E-state index in [0.29, 0.717) is 5.92 Å². The number of carbonyl (C=O) groups is 1. The van der Waals surface area contributed by atoms with Crippen LogP contribution in [0.25, 0.3) is 0 Å². The van der Waals surface area contributed by atoms with Crippen molar-refractivity contribution in [2.45, 2.75) is 26.7 Å². The van der Waals surface area contributed by atoms with Crippen LogP contribution in [-0.4, -0.2) is 35.6 Å². The van der Waals surface area contributed by atoms with Gasteiger partial charge in [-0.25, -0.2) is 0 Å². The van der Waals surface area contributed by atoms with Crippen LogP contribution < -0.4 is 0 Å². The Morgan fingerprint density at radius 2 is 2.31 bits per heavy atom. The first-order chi connectivity index (χ1) is 6.09. The predicted octanol–water partition coefficient (Wildman–Crippen LogP) is 1.44. The molecule has 76 valence electrons. The van der Waals surface area contributed by atoms with Crippen LogP contribution in [0.3, 0.4) is 0 Å². The third-order valence-electron chi connectivity index (χ3n) is 2.48. The lowest BCUT2D eigenvalue weighted by Gasteiger charge is -2.31. The van der Waals surface area contributed by atoms with E-state index in [0.717, 1.165) is 32.5 Å². The molecule has 0 spiro atoms. The van der Waals surface area contributed by atoms with Gasteiger partial charge in [0, 0.05) is 13.1 Å². The van der Waals surface area contributed by atoms with E-state index in [4.69, 9.17) is 5.11 Å². The van der Waals surface area contributed by atoms with Crippen LogP contribution in [0.5, 0.6) is 0 Å². The van der Waals surface area contributed by atoms with Gasteiger partial charge >= 0.3 is 5.97 Å².